The summed E-state index contributed by atoms with van der Waals surface area (Å²) in [6, 6.07) is 7.00. The molecule has 0 aliphatic rings. The molecule has 1 aromatic heterocycles. The van der Waals surface area contributed by atoms with Gasteiger partial charge in [0.1, 0.15) is 17.5 Å². The molecule has 0 saturated heterocycles. The van der Waals surface area contributed by atoms with Crippen molar-refractivity contribution >= 4 is 17.3 Å². The van der Waals surface area contributed by atoms with E-state index >= 15 is 0 Å². The maximum absolute atomic E-state index is 13.1. The fraction of sp³-hybridized carbons (Fsp3) is 0.375. The number of nitrogens with one attached hydrogen (secondary N) is 1. The highest BCUT2D eigenvalue weighted by atomic mass is 19.4. The summed E-state index contributed by atoms with van der Waals surface area (Å²) in [5.41, 5.74) is -0.746. The second-order valence-corrected chi connectivity index (χ2v) is 5.00. The molecule has 23 heavy (non-hydrogen) atoms. The maximum atomic E-state index is 13.1. The van der Waals surface area contributed by atoms with Gasteiger partial charge in [0.15, 0.2) is 0 Å². The molecule has 0 atom stereocenters. The number of hydrogen-bond acceptors (Lipinski definition) is 4. The van der Waals surface area contributed by atoms with Gasteiger partial charge in [0.25, 0.3) is 0 Å². The number of halogens is 3. The molecule has 0 bridgehead atoms. The Balaban J connectivity index is 2.38. The molecule has 0 fully saturated rings. The molecule has 2 rings (SSSR count). The number of rotatable bonds is 5. The quantitative estimate of drug-likeness (QED) is 0.885. The SMILES string of the molecule is CCN(CC)c1cc(Nc2ccccc2C(F)(F)F)nc(C)n1. The molecule has 0 saturated carbocycles. The van der Waals surface area contributed by atoms with E-state index in [9.17, 15) is 13.2 Å². The van der Waals surface area contributed by atoms with E-state index in [1.165, 1.54) is 12.1 Å². The van der Waals surface area contributed by atoms with E-state index in [2.05, 4.69) is 15.3 Å². The molecular weight excluding hydrogens is 305 g/mol. The van der Waals surface area contributed by atoms with Crippen molar-refractivity contribution in [2.24, 2.45) is 0 Å². The minimum absolute atomic E-state index is 0.0244. The number of hydrogen-bond donors (Lipinski definition) is 1. The van der Waals surface area contributed by atoms with Crippen LogP contribution < -0.4 is 10.2 Å². The van der Waals surface area contributed by atoms with Gasteiger partial charge in [-0.2, -0.15) is 13.2 Å². The van der Waals surface area contributed by atoms with E-state index in [4.69, 9.17) is 0 Å². The van der Waals surface area contributed by atoms with Gasteiger partial charge in [0, 0.05) is 19.2 Å². The smallest absolute Gasteiger partial charge is 0.357 e. The van der Waals surface area contributed by atoms with Crippen LogP contribution in [-0.2, 0) is 6.18 Å². The van der Waals surface area contributed by atoms with Crippen LogP contribution in [0.5, 0.6) is 0 Å². The molecular formula is C16H19F3N4. The summed E-state index contributed by atoms with van der Waals surface area (Å²) in [6.07, 6.45) is -4.42. The Morgan fingerprint density at radius 3 is 2.35 bits per heavy atom. The van der Waals surface area contributed by atoms with Crippen LogP contribution in [0.15, 0.2) is 30.3 Å². The third kappa shape index (κ3) is 4.12. The van der Waals surface area contributed by atoms with Crippen LogP contribution in [-0.4, -0.2) is 23.1 Å². The Morgan fingerprint density at radius 2 is 1.74 bits per heavy atom. The lowest BCUT2D eigenvalue weighted by Crippen LogP contribution is -2.23. The van der Waals surface area contributed by atoms with E-state index < -0.39 is 11.7 Å². The molecule has 1 heterocycles. The second kappa shape index (κ2) is 6.85. The Bertz CT molecular complexity index is 667. The summed E-state index contributed by atoms with van der Waals surface area (Å²) in [5, 5.41) is 2.77. The minimum atomic E-state index is -4.42. The van der Waals surface area contributed by atoms with Crippen LogP contribution in [0.25, 0.3) is 0 Å². The molecule has 1 aromatic carbocycles. The van der Waals surface area contributed by atoms with E-state index in [0.717, 1.165) is 19.2 Å². The first-order valence-corrected chi connectivity index (χ1v) is 7.39. The zero-order chi connectivity index (χ0) is 17.0. The van der Waals surface area contributed by atoms with Crippen LogP contribution >= 0.6 is 0 Å². The number of para-hydroxylation sites is 1. The lowest BCUT2D eigenvalue weighted by Gasteiger charge is -2.21. The average molecular weight is 324 g/mol. The van der Waals surface area contributed by atoms with E-state index in [-0.39, 0.29) is 5.69 Å². The molecule has 0 unspecified atom stereocenters. The predicted octanol–water partition coefficient (Wildman–Crippen LogP) is 4.39. The topological polar surface area (TPSA) is 41.0 Å². The normalized spacial score (nSPS) is 11.4. The largest absolute Gasteiger partial charge is 0.418 e. The predicted molar refractivity (Wildman–Crippen MR) is 85.1 cm³/mol. The molecule has 4 nitrogen and oxygen atoms in total. The van der Waals surface area contributed by atoms with Gasteiger partial charge >= 0.3 is 6.18 Å². The van der Waals surface area contributed by atoms with Crippen LogP contribution in [0.4, 0.5) is 30.5 Å². The van der Waals surface area contributed by atoms with Crippen molar-refractivity contribution in [3.8, 4) is 0 Å². The molecule has 0 radical (unpaired) electrons. The number of benzene rings is 1. The molecule has 2 aromatic rings. The van der Waals surface area contributed by atoms with Gasteiger partial charge < -0.3 is 10.2 Å². The first kappa shape index (κ1) is 17.1. The molecule has 0 amide bonds. The van der Waals surface area contributed by atoms with Gasteiger partial charge in [-0.3, -0.25) is 0 Å². The number of nitrogens with zero attached hydrogens (tertiary/aromatic N) is 3. The van der Waals surface area contributed by atoms with Crippen molar-refractivity contribution in [2.75, 3.05) is 23.3 Å². The third-order valence-corrected chi connectivity index (χ3v) is 3.41. The molecule has 0 aliphatic carbocycles. The standard InChI is InChI=1S/C16H19F3N4/c1-4-23(5-2)15-10-14(20-11(3)21-15)22-13-9-7-6-8-12(13)16(17,18)19/h6-10H,4-5H2,1-3H3,(H,20,21,22). The first-order valence-electron chi connectivity index (χ1n) is 7.39. The van der Waals surface area contributed by atoms with Crippen LogP contribution in [0.1, 0.15) is 25.2 Å². The van der Waals surface area contributed by atoms with E-state index in [1.807, 2.05) is 18.7 Å². The fourth-order valence-corrected chi connectivity index (χ4v) is 2.30. The number of alkyl halides is 3. The summed E-state index contributed by atoms with van der Waals surface area (Å²) in [6.45, 7) is 7.21. The maximum Gasteiger partial charge on any atom is 0.418 e. The summed E-state index contributed by atoms with van der Waals surface area (Å²) < 4.78 is 39.2. The van der Waals surface area contributed by atoms with Crippen molar-refractivity contribution in [1.82, 2.24) is 9.97 Å². The zero-order valence-electron chi connectivity index (χ0n) is 13.3. The Morgan fingerprint density at radius 1 is 1.09 bits per heavy atom. The van der Waals surface area contributed by atoms with Gasteiger partial charge in [-0.1, -0.05) is 12.1 Å². The number of anilines is 3. The van der Waals surface area contributed by atoms with Gasteiger partial charge in [-0.15, -0.1) is 0 Å². The highest BCUT2D eigenvalue weighted by molar-refractivity contribution is 5.63. The van der Waals surface area contributed by atoms with Crippen molar-refractivity contribution in [2.45, 2.75) is 26.9 Å². The monoisotopic (exact) mass is 324 g/mol. The second-order valence-electron chi connectivity index (χ2n) is 5.00. The zero-order valence-corrected chi connectivity index (χ0v) is 13.3. The Kier molecular flexibility index (Phi) is 5.08. The van der Waals surface area contributed by atoms with Crippen LogP contribution in [0.3, 0.4) is 0 Å². The fourth-order valence-electron chi connectivity index (χ4n) is 2.30. The Hall–Kier alpha value is -2.31. The van der Waals surface area contributed by atoms with Crippen molar-refractivity contribution in [1.29, 1.82) is 0 Å². The van der Waals surface area contributed by atoms with E-state index in [0.29, 0.717) is 17.5 Å². The number of aryl methyl sites for hydroxylation is 1. The van der Waals surface area contributed by atoms with Gasteiger partial charge in [-0.05, 0) is 32.9 Å². The molecule has 0 spiro atoms. The molecule has 7 heteroatoms. The Labute approximate surface area is 133 Å². The summed E-state index contributed by atoms with van der Waals surface area (Å²) in [5.74, 6) is 1.53. The van der Waals surface area contributed by atoms with Gasteiger partial charge in [0.2, 0.25) is 0 Å². The summed E-state index contributed by atoms with van der Waals surface area (Å²) >= 11 is 0. The first-order chi connectivity index (χ1) is 10.8. The van der Waals surface area contributed by atoms with Gasteiger partial charge in [0.05, 0.1) is 11.3 Å². The highest BCUT2D eigenvalue weighted by Crippen LogP contribution is 2.35. The van der Waals surface area contributed by atoms with Crippen molar-refractivity contribution < 1.29 is 13.2 Å². The average Bonchev–Trinajstić information content (AvgIpc) is 2.47. The molecule has 124 valence electrons. The van der Waals surface area contributed by atoms with Crippen molar-refractivity contribution in [3.05, 3.63) is 41.7 Å². The molecule has 0 aliphatic heterocycles. The molecule has 1 N–H and O–H groups in total. The summed E-state index contributed by atoms with van der Waals surface area (Å²) in [7, 11) is 0. The lowest BCUT2D eigenvalue weighted by atomic mass is 10.1. The van der Waals surface area contributed by atoms with E-state index in [1.54, 1.807) is 19.1 Å². The van der Waals surface area contributed by atoms with Crippen LogP contribution in [0.2, 0.25) is 0 Å². The minimum Gasteiger partial charge on any atom is -0.357 e. The van der Waals surface area contributed by atoms with Crippen LogP contribution in [0, 0.1) is 6.92 Å². The lowest BCUT2D eigenvalue weighted by molar-refractivity contribution is -0.136. The number of aromatic nitrogens is 2. The summed E-state index contributed by atoms with van der Waals surface area (Å²) in [4.78, 5) is 10.5. The highest BCUT2D eigenvalue weighted by Gasteiger charge is 2.33. The van der Waals surface area contributed by atoms with Gasteiger partial charge in [-0.25, -0.2) is 9.97 Å². The third-order valence-electron chi connectivity index (χ3n) is 3.41. The van der Waals surface area contributed by atoms with Crippen molar-refractivity contribution in [3.63, 3.8) is 0 Å².